The monoisotopic (exact) mass is 561 g/mol. The van der Waals surface area contributed by atoms with Crippen LogP contribution in [0.1, 0.15) is 53.5 Å². The maximum atomic E-state index is 11.5. The van der Waals surface area contributed by atoms with Crippen LogP contribution in [0, 0.1) is 19.8 Å². The Morgan fingerprint density at radius 3 is 2.83 bits per heavy atom. The van der Waals surface area contributed by atoms with Gasteiger partial charge in [0.1, 0.15) is 12.4 Å². The topological polar surface area (TPSA) is 75.1 Å². The normalized spacial score (nSPS) is 20.4. The van der Waals surface area contributed by atoms with Crippen molar-refractivity contribution in [3.8, 4) is 17.0 Å². The highest BCUT2D eigenvalue weighted by molar-refractivity contribution is 7.14. The van der Waals surface area contributed by atoms with E-state index in [1.165, 1.54) is 22.3 Å². The Balaban J connectivity index is 1.17. The number of piperidine rings is 1. The van der Waals surface area contributed by atoms with E-state index in [1.807, 2.05) is 6.07 Å². The zero-order valence-electron chi connectivity index (χ0n) is 23.5. The van der Waals surface area contributed by atoms with Crippen LogP contribution in [-0.4, -0.2) is 59.8 Å². The van der Waals surface area contributed by atoms with Crippen molar-refractivity contribution in [3.05, 3.63) is 63.5 Å². The van der Waals surface area contributed by atoms with Gasteiger partial charge < -0.3 is 19.5 Å². The molecule has 2 aromatic carbocycles. The van der Waals surface area contributed by atoms with E-state index in [0.29, 0.717) is 19.2 Å². The first-order valence-electron chi connectivity index (χ1n) is 14.6. The molecule has 4 heterocycles. The summed E-state index contributed by atoms with van der Waals surface area (Å²) in [6.07, 6.45) is 4.97. The first-order chi connectivity index (χ1) is 19.5. The van der Waals surface area contributed by atoms with E-state index in [2.05, 4.69) is 53.3 Å². The van der Waals surface area contributed by atoms with Crippen molar-refractivity contribution < 1.29 is 19.4 Å². The summed E-state index contributed by atoms with van der Waals surface area (Å²) in [5.74, 6) is -0.182. The molecule has 0 unspecified atom stereocenters. The van der Waals surface area contributed by atoms with Gasteiger partial charge in [-0.1, -0.05) is 24.3 Å². The standard InChI is InChI=1S/C32H39N3O4S/c1-21-5-3-7-28(29-20-40-32(33-29)35-13-4-6-24(18-35)31(36)37)30(21)39-19-25-9-8-23-17-34(14-10-27(23)22(25)2)26-11-15-38-16-12-26/h3,5,7-9,20,24,26H,4,6,10-19H2,1-2H3,(H,36,37)/t24-/m0/s1. The summed E-state index contributed by atoms with van der Waals surface area (Å²) in [5, 5.41) is 12.4. The van der Waals surface area contributed by atoms with E-state index in [9.17, 15) is 9.90 Å². The average molecular weight is 562 g/mol. The number of ether oxygens (including phenoxy) is 2. The second kappa shape index (κ2) is 11.9. The van der Waals surface area contributed by atoms with Gasteiger partial charge in [0.05, 0.1) is 11.6 Å². The molecule has 0 radical (unpaired) electrons. The van der Waals surface area contributed by atoms with Crippen molar-refractivity contribution in [1.82, 2.24) is 9.88 Å². The van der Waals surface area contributed by atoms with Crippen LogP contribution >= 0.6 is 11.3 Å². The van der Waals surface area contributed by atoms with Crippen LogP contribution in [0.15, 0.2) is 35.7 Å². The Labute approximate surface area is 240 Å². The lowest BCUT2D eigenvalue weighted by atomic mass is 9.90. The number of carboxylic acid groups (broad SMARTS) is 1. The van der Waals surface area contributed by atoms with Crippen LogP contribution in [-0.2, 0) is 29.1 Å². The molecule has 0 saturated carbocycles. The highest BCUT2D eigenvalue weighted by Gasteiger charge is 2.28. The molecule has 6 rings (SSSR count). The summed E-state index contributed by atoms with van der Waals surface area (Å²) in [4.78, 5) is 21.2. The van der Waals surface area contributed by atoms with Crippen molar-refractivity contribution in [1.29, 1.82) is 0 Å². The summed E-state index contributed by atoms with van der Waals surface area (Å²) in [6.45, 7) is 10.1. The molecule has 3 aromatic rings. The Hall–Kier alpha value is -2.94. The Morgan fingerprint density at radius 2 is 2.00 bits per heavy atom. The fourth-order valence-electron chi connectivity index (χ4n) is 6.51. The molecule has 0 aliphatic carbocycles. The quantitative estimate of drug-likeness (QED) is 0.388. The number of carboxylic acids is 1. The molecule has 2 saturated heterocycles. The number of anilines is 1. The van der Waals surface area contributed by atoms with Gasteiger partial charge in [0.15, 0.2) is 5.13 Å². The lowest BCUT2D eigenvalue weighted by molar-refractivity contribution is -0.141. The number of fused-ring (bicyclic) bond motifs is 1. The second-order valence-corrected chi connectivity index (χ2v) is 12.3. The van der Waals surface area contributed by atoms with Crippen molar-refractivity contribution in [3.63, 3.8) is 0 Å². The molecule has 7 nitrogen and oxygen atoms in total. The van der Waals surface area contributed by atoms with Gasteiger partial charge in [-0.05, 0) is 79.8 Å². The zero-order valence-corrected chi connectivity index (χ0v) is 24.3. The van der Waals surface area contributed by atoms with Crippen molar-refractivity contribution in [2.45, 2.75) is 65.1 Å². The Morgan fingerprint density at radius 1 is 1.15 bits per heavy atom. The van der Waals surface area contributed by atoms with Gasteiger partial charge in [0.2, 0.25) is 0 Å². The first kappa shape index (κ1) is 27.2. The molecule has 3 aliphatic rings. The van der Waals surface area contributed by atoms with Gasteiger partial charge in [-0.2, -0.15) is 0 Å². The summed E-state index contributed by atoms with van der Waals surface area (Å²) in [6, 6.07) is 11.4. The van der Waals surface area contributed by atoms with Gasteiger partial charge >= 0.3 is 5.97 Å². The number of aryl methyl sites for hydroxylation is 1. The maximum absolute atomic E-state index is 11.5. The third kappa shape index (κ3) is 5.62. The van der Waals surface area contributed by atoms with E-state index >= 15 is 0 Å². The van der Waals surface area contributed by atoms with Gasteiger partial charge in [-0.3, -0.25) is 9.69 Å². The molecule has 0 spiro atoms. The van der Waals surface area contributed by atoms with Gasteiger partial charge in [0, 0.05) is 56.4 Å². The summed E-state index contributed by atoms with van der Waals surface area (Å²) < 4.78 is 12.1. The number of hydrogen-bond acceptors (Lipinski definition) is 7. The summed E-state index contributed by atoms with van der Waals surface area (Å²) >= 11 is 1.58. The van der Waals surface area contributed by atoms with Gasteiger partial charge in [0.25, 0.3) is 0 Å². The van der Waals surface area contributed by atoms with Crippen molar-refractivity contribution in [2.24, 2.45) is 5.92 Å². The number of para-hydroxylation sites is 1. The molecule has 40 heavy (non-hydrogen) atoms. The smallest absolute Gasteiger partial charge is 0.308 e. The van der Waals surface area contributed by atoms with Crippen LogP contribution in [0.25, 0.3) is 11.3 Å². The number of thiazole rings is 1. The van der Waals surface area contributed by atoms with E-state index in [0.717, 1.165) is 92.7 Å². The molecule has 1 N–H and O–H groups in total. The lowest BCUT2D eigenvalue weighted by Gasteiger charge is -2.38. The SMILES string of the molecule is Cc1cccc(-c2csc(N3CCC[C@H](C(=O)O)C3)n2)c1OCc1ccc2c(c1C)CCN(C1CCOCC1)C2. The number of hydrogen-bond donors (Lipinski definition) is 1. The van der Waals surface area contributed by atoms with Crippen LogP contribution in [0.3, 0.4) is 0 Å². The Bertz CT molecular complexity index is 1370. The minimum atomic E-state index is -0.718. The number of aromatic nitrogens is 1. The predicted octanol–water partition coefficient (Wildman–Crippen LogP) is 5.84. The predicted molar refractivity (Wildman–Crippen MR) is 158 cm³/mol. The molecule has 3 aliphatic heterocycles. The van der Waals surface area contributed by atoms with Crippen LogP contribution in [0.5, 0.6) is 5.75 Å². The average Bonchev–Trinajstić information content (AvgIpc) is 3.48. The Kier molecular flexibility index (Phi) is 8.10. The third-order valence-corrected chi connectivity index (χ3v) is 9.83. The summed E-state index contributed by atoms with van der Waals surface area (Å²) in [5.41, 5.74) is 8.48. The fourth-order valence-corrected chi connectivity index (χ4v) is 7.37. The second-order valence-electron chi connectivity index (χ2n) is 11.4. The highest BCUT2D eigenvalue weighted by atomic mass is 32.1. The lowest BCUT2D eigenvalue weighted by Crippen LogP contribution is -2.42. The van der Waals surface area contributed by atoms with E-state index in [-0.39, 0.29) is 5.92 Å². The maximum Gasteiger partial charge on any atom is 0.308 e. The largest absolute Gasteiger partial charge is 0.488 e. The van der Waals surface area contributed by atoms with E-state index < -0.39 is 5.97 Å². The van der Waals surface area contributed by atoms with E-state index in [4.69, 9.17) is 14.5 Å². The molecule has 0 amide bonds. The van der Waals surface area contributed by atoms with E-state index in [1.54, 1.807) is 11.3 Å². The zero-order chi connectivity index (χ0) is 27.6. The molecule has 212 valence electrons. The molecular weight excluding hydrogens is 522 g/mol. The fraction of sp³-hybridized carbons (Fsp3) is 0.500. The minimum Gasteiger partial charge on any atom is -0.488 e. The number of aliphatic carboxylic acids is 1. The third-order valence-electron chi connectivity index (χ3n) is 8.93. The number of nitrogens with zero attached hydrogens (tertiary/aromatic N) is 3. The van der Waals surface area contributed by atoms with Gasteiger partial charge in [-0.25, -0.2) is 4.98 Å². The number of rotatable bonds is 7. The minimum absolute atomic E-state index is 0.330. The highest BCUT2D eigenvalue weighted by Crippen LogP contribution is 2.37. The van der Waals surface area contributed by atoms with Crippen LogP contribution in [0.2, 0.25) is 0 Å². The van der Waals surface area contributed by atoms with Crippen LogP contribution < -0.4 is 9.64 Å². The van der Waals surface area contributed by atoms with Crippen molar-refractivity contribution >= 4 is 22.4 Å². The number of benzene rings is 2. The van der Waals surface area contributed by atoms with Crippen molar-refractivity contribution in [2.75, 3.05) is 37.7 Å². The molecule has 2 fully saturated rings. The molecule has 0 bridgehead atoms. The van der Waals surface area contributed by atoms with Gasteiger partial charge in [-0.15, -0.1) is 11.3 Å². The molecule has 1 aromatic heterocycles. The van der Waals surface area contributed by atoms with Crippen LogP contribution in [0.4, 0.5) is 5.13 Å². The summed E-state index contributed by atoms with van der Waals surface area (Å²) in [7, 11) is 0. The molecular formula is C32H39N3O4S. The molecule has 1 atom stereocenters. The first-order valence-corrected chi connectivity index (χ1v) is 15.4. The number of carbonyl (C=O) groups is 1. The molecule has 8 heteroatoms.